The maximum atomic E-state index is 12.4. The second-order valence-corrected chi connectivity index (χ2v) is 5.59. The van der Waals surface area contributed by atoms with Crippen molar-refractivity contribution in [2.24, 2.45) is 0 Å². The van der Waals surface area contributed by atoms with E-state index in [1.165, 1.54) is 0 Å². The molecule has 3 rings (SSSR count). The number of aromatic nitrogens is 3. The standard InChI is InChI=1S/C17H20N4O2/c1-13-19-8-6-15(20-13)16-12-21(9-10-23-16)17(22)5-4-14-3-2-7-18-11-14/h2-3,6-8,11,16H,4-5,9-10,12H2,1H3/t16-/m1/s1. The first-order chi connectivity index (χ1) is 11.2. The van der Waals surface area contributed by atoms with E-state index in [2.05, 4.69) is 15.0 Å². The molecule has 1 saturated heterocycles. The van der Waals surface area contributed by atoms with Crippen molar-refractivity contribution in [3.05, 3.63) is 53.9 Å². The number of carbonyl (C=O) groups is 1. The number of hydrogen-bond donors (Lipinski definition) is 0. The first kappa shape index (κ1) is 15.6. The predicted molar refractivity (Wildman–Crippen MR) is 84.6 cm³/mol. The predicted octanol–water partition coefficient (Wildman–Crippen LogP) is 1.71. The quantitative estimate of drug-likeness (QED) is 0.860. The summed E-state index contributed by atoms with van der Waals surface area (Å²) in [6.07, 6.45) is 6.29. The lowest BCUT2D eigenvalue weighted by Gasteiger charge is -2.32. The Morgan fingerprint density at radius 3 is 3.09 bits per heavy atom. The van der Waals surface area contributed by atoms with Crippen LogP contribution in [0.4, 0.5) is 0 Å². The Kier molecular flexibility index (Phi) is 4.92. The van der Waals surface area contributed by atoms with E-state index < -0.39 is 0 Å². The zero-order valence-corrected chi connectivity index (χ0v) is 13.2. The normalized spacial score (nSPS) is 18.0. The Hall–Kier alpha value is -2.34. The molecular formula is C17H20N4O2. The van der Waals surface area contributed by atoms with Gasteiger partial charge in [0.15, 0.2) is 0 Å². The molecule has 0 aromatic carbocycles. The summed E-state index contributed by atoms with van der Waals surface area (Å²) in [5, 5.41) is 0. The van der Waals surface area contributed by atoms with Gasteiger partial charge in [0, 0.05) is 31.6 Å². The molecule has 1 fully saturated rings. The largest absolute Gasteiger partial charge is 0.368 e. The number of amides is 1. The zero-order valence-electron chi connectivity index (χ0n) is 13.2. The summed E-state index contributed by atoms with van der Waals surface area (Å²) in [7, 11) is 0. The highest BCUT2D eigenvalue weighted by molar-refractivity contribution is 5.76. The second-order valence-electron chi connectivity index (χ2n) is 5.59. The highest BCUT2D eigenvalue weighted by Gasteiger charge is 2.26. The molecule has 0 saturated carbocycles. The molecule has 23 heavy (non-hydrogen) atoms. The lowest BCUT2D eigenvalue weighted by atomic mass is 10.1. The minimum Gasteiger partial charge on any atom is -0.368 e. The molecule has 0 bridgehead atoms. The lowest BCUT2D eigenvalue weighted by molar-refractivity contribution is -0.139. The average Bonchev–Trinajstić information content (AvgIpc) is 2.61. The molecule has 0 aliphatic carbocycles. The molecule has 1 aliphatic rings. The number of hydrogen-bond acceptors (Lipinski definition) is 5. The molecular weight excluding hydrogens is 292 g/mol. The van der Waals surface area contributed by atoms with E-state index in [9.17, 15) is 4.79 Å². The fourth-order valence-corrected chi connectivity index (χ4v) is 2.66. The van der Waals surface area contributed by atoms with Crippen molar-refractivity contribution >= 4 is 5.91 Å². The van der Waals surface area contributed by atoms with Gasteiger partial charge in [-0.3, -0.25) is 9.78 Å². The maximum absolute atomic E-state index is 12.4. The molecule has 2 aromatic rings. The molecule has 1 aliphatic heterocycles. The van der Waals surface area contributed by atoms with Crippen LogP contribution in [0.5, 0.6) is 0 Å². The minimum atomic E-state index is -0.173. The first-order valence-electron chi connectivity index (χ1n) is 7.80. The number of carbonyl (C=O) groups excluding carboxylic acids is 1. The van der Waals surface area contributed by atoms with Crippen LogP contribution in [0.15, 0.2) is 36.8 Å². The van der Waals surface area contributed by atoms with E-state index in [1.54, 1.807) is 18.6 Å². The first-order valence-corrected chi connectivity index (χ1v) is 7.80. The molecule has 0 unspecified atom stereocenters. The van der Waals surface area contributed by atoms with Crippen molar-refractivity contribution in [1.82, 2.24) is 19.9 Å². The van der Waals surface area contributed by atoms with E-state index in [-0.39, 0.29) is 12.0 Å². The molecule has 120 valence electrons. The number of ether oxygens (including phenoxy) is 1. The van der Waals surface area contributed by atoms with Crippen LogP contribution in [0.25, 0.3) is 0 Å². The van der Waals surface area contributed by atoms with E-state index in [0.717, 1.165) is 11.3 Å². The fourth-order valence-electron chi connectivity index (χ4n) is 2.66. The summed E-state index contributed by atoms with van der Waals surface area (Å²) < 4.78 is 5.77. The average molecular weight is 312 g/mol. The number of nitrogens with zero attached hydrogens (tertiary/aromatic N) is 4. The smallest absolute Gasteiger partial charge is 0.223 e. The van der Waals surface area contributed by atoms with Gasteiger partial charge in [-0.2, -0.15) is 0 Å². The van der Waals surface area contributed by atoms with Crippen molar-refractivity contribution in [2.75, 3.05) is 19.7 Å². The van der Waals surface area contributed by atoms with Crippen LogP contribution >= 0.6 is 0 Å². The summed E-state index contributed by atoms with van der Waals surface area (Å²) in [6.45, 7) is 3.56. The summed E-state index contributed by atoms with van der Waals surface area (Å²) in [4.78, 5) is 26.9. The van der Waals surface area contributed by atoms with E-state index in [4.69, 9.17) is 4.74 Å². The van der Waals surface area contributed by atoms with Crippen LogP contribution < -0.4 is 0 Å². The fraction of sp³-hybridized carbons (Fsp3) is 0.412. The molecule has 2 aromatic heterocycles. The SMILES string of the molecule is Cc1nccc([C@H]2CN(C(=O)CCc3cccnc3)CCO2)n1. The van der Waals surface area contributed by atoms with Crippen LogP contribution in [0.2, 0.25) is 0 Å². The molecule has 0 spiro atoms. The maximum Gasteiger partial charge on any atom is 0.223 e. The van der Waals surface area contributed by atoms with Gasteiger partial charge >= 0.3 is 0 Å². The summed E-state index contributed by atoms with van der Waals surface area (Å²) in [6, 6.07) is 5.73. The van der Waals surface area contributed by atoms with Crippen LogP contribution in [0.3, 0.4) is 0 Å². The monoisotopic (exact) mass is 312 g/mol. The third-order valence-corrected chi connectivity index (χ3v) is 3.90. The van der Waals surface area contributed by atoms with Gasteiger partial charge in [-0.1, -0.05) is 6.07 Å². The Morgan fingerprint density at radius 1 is 1.39 bits per heavy atom. The van der Waals surface area contributed by atoms with Crippen LogP contribution in [0.1, 0.15) is 29.6 Å². The van der Waals surface area contributed by atoms with Crippen LogP contribution in [0, 0.1) is 6.92 Å². The highest BCUT2D eigenvalue weighted by atomic mass is 16.5. The van der Waals surface area contributed by atoms with Gasteiger partial charge in [0.25, 0.3) is 0 Å². The molecule has 6 nitrogen and oxygen atoms in total. The number of morpholine rings is 1. The third-order valence-electron chi connectivity index (χ3n) is 3.90. The van der Waals surface area contributed by atoms with Gasteiger partial charge < -0.3 is 9.64 Å². The summed E-state index contributed by atoms with van der Waals surface area (Å²) in [5.41, 5.74) is 1.92. The summed E-state index contributed by atoms with van der Waals surface area (Å²) >= 11 is 0. The van der Waals surface area contributed by atoms with Gasteiger partial charge in [0.2, 0.25) is 5.91 Å². The molecule has 0 N–H and O–H groups in total. The van der Waals surface area contributed by atoms with Gasteiger partial charge in [-0.25, -0.2) is 9.97 Å². The number of rotatable bonds is 4. The Balaban J connectivity index is 1.58. The van der Waals surface area contributed by atoms with Crippen molar-refractivity contribution in [3.63, 3.8) is 0 Å². The van der Waals surface area contributed by atoms with Gasteiger partial charge in [-0.15, -0.1) is 0 Å². The molecule has 1 atom stereocenters. The molecule has 1 amide bonds. The van der Waals surface area contributed by atoms with Gasteiger partial charge in [0.1, 0.15) is 11.9 Å². The van der Waals surface area contributed by atoms with Crippen molar-refractivity contribution < 1.29 is 9.53 Å². The molecule has 6 heteroatoms. The van der Waals surface area contributed by atoms with Crippen LogP contribution in [-0.2, 0) is 16.0 Å². The Bertz CT molecular complexity index is 663. The van der Waals surface area contributed by atoms with E-state index in [0.29, 0.717) is 38.4 Å². The Labute approximate surface area is 135 Å². The second kappa shape index (κ2) is 7.28. The van der Waals surface area contributed by atoms with Gasteiger partial charge in [0.05, 0.1) is 18.8 Å². The van der Waals surface area contributed by atoms with Gasteiger partial charge in [-0.05, 0) is 31.0 Å². The minimum absolute atomic E-state index is 0.146. The van der Waals surface area contributed by atoms with Crippen molar-refractivity contribution in [2.45, 2.75) is 25.9 Å². The molecule has 3 heterocycles. The highest BCUT2D eigenvalue weighted by Crippen LogP contribution is 2.21. The van der Waals surface area contributed by atoms with E-state index >= 15 is 0 Å². The summed E-state index contributed by atoms with van der Waals surface area (Å²) in [5.74, 6) is 0.860. The Morgan fingerprint density at radius 2 is 2.30 bits per heavy atom. The number of aryl methyl sites for hydroxylation is 2. The topological polar surface area (TPSA) is 68.2 Å². The van der Waals surface area contributed by atoms with Crippen molar-refractivity contribution in [1.29, 1.82) is 0 Å². The van der Waals surface area contributed by atoms with Crippen LogP contribution in [-0.4, -0.2) is 45.5 Å². The molecule has 0 radical (unpaired) electrons. The van der Waals surface area contributed by atoms with E-state index in [1.807, 2.05) is 30.0 Å². The van der Waals surface area contributed by atoms with Crippen molar-refractivity contribution in [3.8, 4) is 0 Å². The zero-order chi connectivity index (χ0) is 16.1. The number of pyridine rings is 1. The third kappa shape index (κ3) is 4.10. The lowest BCUT2D eigenvalue weighted by Crippen LogP contribution is -2.42.